The molecule has 104 valence electrons. The molecule has 0 saturated carbocycles. The van der Waals surface area contributed by atoms with E-state index in [2.05, 4.69) is 4.98 Å². The van der Waals surface area contributed by atoms with Gasteiger partial charge in [-0.1, -0.05) is 36.4 Å². The fourth-order valence-corrected chi connectivity index (χ4v) is 2.24. The Kier molecular flexibility index (Phi) is 3.65. The zero-order valence-electron chi connectivity index (χ0n) is 11.9. The largest absolute Gasteiger partial charge is 0.306 e. The summed E-state index contributed by atoms with van der Waals surface area (Å²) in [6.45, 7) is 2.04. The lowest BCUT2D eigenvalue weighted by Gasteiger charge is -1.95. The van der Waals surface area contributed by atoms with Gasteiger partial charge in [-0.2, -0.15) is 0 Å². The van der Waals surface area contributed by atoms with Gasteiger partial charge in [0.05, 0.1) is 5.69 Å². The van der Waals surface area contributed by atoms with Crippen molar-refractivity contribution >= 4 is 17.5 Å². The lowest BCUT2D eigenvalue weighted by Crippen LogP contribution is -1.97. The van der Waals surface area contributed by atoms with E-state index >= 15 is 0 Å². The molecule has 0 aliphatic heterocycles. The van der Waals surface area contributed by atoms with Gasteiger partial charge in [-0.25, -0.2) is 4.98 Å². The normalized spacial score (nSPS) is 11.3. The fraction of sp³-hybridized carbons (Fsp3) is 0.111. The summed E-state index contributed by atoms with van der Waals surface area (Å²) in [5.41, 5.74) is 3.88. The van der Waals surface area contributed by atoms with Gasteiger partial charge in [-0.05, 0) is 36.3 Å². The second-order valence-electron chi connectivity index (χ2n) is 5.10. The van der Waals surface area contributed by atoms with Crippen LogP contribution in [0.25, 0.3) is 11.7 Å². The van der Waals surface area contributed by atoms with E-state index in [4.69, 9.17) is 0 Å². The van der Waals surface area contributed by atoms with E-state index in [1.54, 1.807) is 12.2 Å². The third kappa shape index (κ3) is 3.26. The zero-order valence-corrected chi connectivity index (χ0v) is 11.9. The maximum absolute atomic E-state index is 11.9. The highest BCUT2D eigenvalue weighted by atomic mass is 16.1. The fourth-order valence-electron chi connectivity index (χ4n) is 2.24. The first-order valence-electron chi connectivity index (χ1n) is 6.91. The van der Waals surface area contributed by atoms with Gasteiger partial charge < -0.3 is 4.40 Å². The maximum Gasteiger partial charge on any atom is 0.160 e. The van der Waals surface area contributed by atoms with Crippen molar-refractivity contribution in [3.8, 4) is 0 Å². The molecule has 3 rings (SSSR count). The van der Waals surface area contributed by atoms with E-state index in [0.717, 1.165) is 16.9 Å². The highest BCUT2D eigenvalue weighted by Gasteiger charge is 2.01. The number of pyridine rings is 1. The Hall–Kier alpha value is -2.68. The summed E-state index contributed by atoms with van der Waals surface area (Å²) < 4.78 is 1.97. The molecule has 0 radical (unpaired) electrons. The molecule has 2 aromatic heterocycles. The molecule has 0 aliphatic carbocycles. The number of rotatable bonds is 4. The van der Waals surface area contributed by atoms with Crippen LogP contribution in [-0.4, -0.2) is 15.2 Å². The first-order valence-corrected chi connectivity index (χ1v) is 6.91. The summed E-state index contributed by atoms with van der Waals surface area (Å²) in [6, 6.07) is 13.7. The number of imidazole rings is 1. The zero-order chi connectivity index (χ0) is 14.7. The van der Waals surface area contributed by atoms with E-state index in [9.17, 15) is 4.79 Å². The SMILES string of the molecule is Cc1ccc2nc(/C=C/C(=O)Cc3ccccc3)cn2c1. The topological polar surface area (TPSA) is 34.4 Å². The Balaban J connectivity index is 1.73. The third-order valence-corrected chi connectivity index (χ3v) is 3.28. The Labute approximate surface area is 123 Å². The van der Waals surface area contributed by atoms with Crippen LogP contribution in [-0.2, 0) is 11.2 Å². The molecule has 0 spiro atoms. The molecule has 21 heavy (non-hydrogen) atoms. The average Bonchev–Trinajstić information content (AvgIpc) is 2.88. The molecule has 3 heteroatoms. The van der Waals surface area contributed by atoms with Crippen LogP contribution in [0.1, 0.15) is 16.8 Å². The van der Waals surface area contributed by atoms with Crippen LogP contribution in [0.3, 0.4) is 0 Å². The van der Waals surface area contributed by atoms with Gasteiger partial charge in [-0.15, -0.1) is 0 Å². The molecule has 0 bridgehead atoms. The predicted octanol–water partition coefficient (Wildman–Crippen LogP) is 3.47. The Morgan fingerprint density at radius 3 is 2.76 bits per heavy atom. The number of aromatic nitrogens is 2. The number of aryl methyl sites for hydroxylation is 1. The minimum atomic E-state index is 0.0782. The van der Waals surface area contributed by atoms with Crippen LogP contribution >= 0.6 is 0 Å². The smallest absolute Gasteiger partial charge is 0.160 e. The Morgan fingerprint density at radius 1 is 1.14 bits per heavy atom. The molecule has 3 nitrogen and oxygen atoms in total. The number of hydrogen-bond donors (Lipinski definition) is 0. The van der Waals surface area contributed by atoms with Crippen molar-refractivity contribution in [2.45, 2.75) is 13.3 Å². The van der Waals surface area contributed by atoms with E-state index in [0.29, 0.717) is 6.42 Å². The van der Waals surface area contributed by atoms with Gasteiger partial charge in [0.2, 0.25) is 0 Å². The van der Waals surface area contributed by atoms with Crippen LogP contribution in [0.15, 0.2) is 60.9 Å². The van der Waals surface area contributed by atoms with E-state index in [1.807, 2.05) is 66.2 Å². The summed E-state index contributed by atoms with van der Waals surface area (Å²) in [7, 11) is 0. The van der Waals surface area contributed by atoms with Crippen molar-refractivity contribution in [2.75, 3.05) is 0 Å². The maximum atomic E-state index is 11.9. The molecule has 0 atom stereocenters. The predicted molar refractivity (Wildman–Crippen MR) is 84.1 cm³/mol. The van der Waals surface area contributed by atoms with Gasteiger partial charge in [0.15, 0.2) is 5.78 Å². The Bertz CT molecular complexity index is 800. The number of ketones is 1. The average molecular weight is 276 g/mol. The molecule has 0 aliphatic rings. The first kappa shape index (κ1) is 13.3. The molecule has 0 fully saturated rings. The minimum absolute atomic E-state index is 0.0782. The molecule has 0 N–H and O–H groups in total. The summed E-state index contributed by atoms with van der Waals surface area (Å²) in [6.07, 6.45) is 7.74. The monoisotopic (exact) mass is 276 g/mol. The van der Waals surface area contributed by atoms with Crippen molar-refractivity contribution in [2.24, 2.45) is 0 Å². The summed E-state index contributed by atoms with van der Waals surface area (Å²) >= 11 is 0. The number of benzene rings is 1. The highest BCUT2D eigenvalue weighted by molar-refractivity contribution is 5.94. The summed E-state index contributed by atoms with van der Waals surface area (Å²) in [5, 5.41) is 0. The van der Waals surface area contributed by atoms with Gasteiger partial charge in [0.25, 0.3) is 0 Å². The molecule has 0 amide bonds. The summed E-state index contributed by atoms with van der Waals surface area (Å²) in [5.74, 6) is 0.0782. The van der Waals surface area contributed by atoms with Gasteiger partial charge in [-0.3, -0.25) is 4.79 Å². The molecular formula is C18H16N2O. The van der Waals surface area contributed by atoms with Crippen molar-refractivity contribution in [3.63, 3.8) is 0 Å². The summed E-state index contributed by atoms with van der Waals surface area (Å²) in [4.78, 5) is 16.4. The molecule has 3 aromatic rings. The molecular weight excluding hydrogens is 260 g/mol. The number of nitrogens with zero attached hydrogens (tertiary/aromatic N) is 2. The molecule has 0 unspecified atom stereocenters. The van der Waals surface area contributed by atoms with Crippen molar-refractivity contribution in [1.29, 1.82) is 0 Å². The van der Waals surface area contributed by atoms with Crippen molar-refractivity contribution in [3.05, 3.63) is 77.8 Å². The van der Waals surface area contributed by atoms with Gasteiger partial charge >= 0.3 is 0 Å². The van der Waals surface area contributed by atoms with Crippen LogP contribution in [0.2, 0.25) is 0 Å². The number of carbonyl (C=O) groups is 1. The second kappa shape index (κ2) is 5.75. The number of carbonyl (C=O) groups excluding carboxylic acids is 1. The first-order chi connectivity index (χ1) is 10.2. The van der Waals surface area contributed by atoms with Crippen molar-refractivity contribution in [1.82, 2.24) is 9.38 Å². The Morgan fingerprint density at radius 2 is 1.95 bits per heavy atom. The van der Waals surface area contributed by atoms with Crippen LogP contribution in [0, 0.1) is 6.92 Å². The third-order valence-electron chi connectivity index (χ3n) is 3.28. The number of fused-ring (bicyclic) bond motifs is 1. The van der Waals surface area contributed by atoms with Gasteiger partial charge in [0, 0.05) is 18.8 Å². The van der Waals surface area contributed by atoms with Gasteiger partial charge in [0.1, 0.15) is 5.65 Å². The number of allylic oxidation sites excluding steroid dienone is 1. The van der Waals surface area contributed by atoms with Crippen LogP contribution in [0.5, 0.6) is 0 Å². The van der Waals surface area contributed by atoms with Crippen LogP contribution in [0.4, 0.5) is 0 Å². The van der Waals surface area contributed by atoms with Crippen LogP contribution < -0.4 is 0 Å². The minimum Gasteiger partial charge on any atom is -0.306 e. The van der Waals surface area contributed by atoms with E-state index in [1.165, 1.54) is 5.56 Å². The van der Waals surface area contributed by atoms with E-state index < -0.39 is 0 Å². The number of hydrogen-bond acceptors (Lipinski definition) is 2. The molecule has 1 aromatic carbocycles. The quantitative estimate of drug-likeness (QED) is 0.684. The van der Waals surface area contributed by atoms with Crippen molar-refractivity contribution < 1.29 is 4.79 Å². The molecule has 2 heterocycles. The lowest BCUT2D eigenvalue weighted by molar-refractivity contribution is -0.113. The highest BCUT2D eigenvalue weighted by Crippen LogP contribution is 2.09. The second-order valence-corrected chi connectivity index (χ2v) is 5.10. The molecule has 0 saturated heterocycles. The van der Waals surface area contributed by atoms with E-state index in [-0.39, 0.29) is 5.78 Å². The standard InChI is InChI=1S/C18H16N2O/c1-14-7-10-18-19-16(13-20(18)12-14)8-9-17(21)11-15-5-3-2-4-6-15/h2-10,12-13H,11H2,1H3/b9-8+. The lowest BCUT2D eigenvalue weighted by atomic mass is 10.1.